The Balaban J connectivity index is 0.00000112. The standard InChI is InChI=1S/C10H7F3N4O2.C2H6.CH5N/c1-19-8-6(5-18)4-17(16-8)7-2-14-9(15-3-7)10(11,12)13;2*1-2/h2-5H,1H3;1-2H3;2H2,1H3. The average Bonchev–Trinajstić information content (AvgIpc) is 3.01. The van der Waals surface area contributed by atoms with E-state index in [2.05, 4.69) is 20.8 Å². The summed E-state index contributed by atoms with van der Waals surface area (Å²) in [6.45, 7) is 4.00. The lowest BCUT2D eigenvalue weighted by Crippen LogP contribution is -2.11. The molecular weight excluding hydrogens is 315 g/mol. The van der Waals surface area contributed by atoms with Crippen molar-refractivity contribution in [1.29, 1.82) is 0 Å². The highest BCUT2D eigenvalue weighted by molar-refractivity contribution is 5.77. The van der Waals surface area contributed by atoms with E-state index in [0.717, 1.165) is 17.1 Å². The fraction of sp³-hybridized carbons (Fsp3) is 0.385. The molecule has 0 aliphatic heterocycles. The van der Waals surface area contributed by atoms with Crippen LogP contribution in [0.25, 0.3) is 5.69 Å². The Kier molecular flexibility index (Phi) is 8.48. The molecule has 2 heterocycles. The van der Waals surface area contributed by atoms with Crippen molar-refractivity contribution in [2.24, 2.45) is 5.73 Å². The van der Waals surface area contributed by atoms with Gasteiger partial charge in [-0.1, -0.05) is 13.8 Å². The maximum Gasteiger partial charge on any atom is 0.451 e. The summed E-state index contributed by atoms with van der Waals surface area (Å²) in [4.78, 5) is 17.1. The van der Waals surface area contributed by atoms with Gasteiger partial charge in [0.15, 0.2) is 6.29 Å². The van der Waals surface area contributed by atoms with Crippen molar-refractivity contribution in [2.45, 2.75) is 20.0 Å². The molecule has 0 aliphatic carbocycles. The van der Waals surface area contributed by atoms with E-state index in [1.165, 1.54) is 20.4 Å². The first-order valence-corrected chi connectivity index (χ1v) is 6.52. The molecule has 0 aromatic carbocycles. The summed E-state index contributed by atoms with van der Waals surface area (Å²) < 4.78 is 42.8. The number of hydrogen-bond donors (Lipinski definition) is 1. The molecule has 0 saturated heterocycles. The molecule has 0 saturated carbocycles. The van der Waals surface area contributed by atoms with Crippen molar-refractivity contribution in [1.82, 2.24) is 19.7 Å². The van der Waals surface area contributed by atoms with Crippen LogP contribution >= 0.6 is 0 Å². The van der Waals surface area contributed by atoms with Crippen LogP contribution in [0.1, 0.15) is 30.0 Å². The topological polar surface area (TPSA) is 95.9 Å². The van der Waals surface area contributed by atoms with Gasteiger partial charge in [-0.25, -0.2) is 14.6 Å². The largest absolute Gasteiger partial charge is 0.479 e. The van der Waals surface area contributed by atoms with Crippen molar-refractivity contribution in [2.75, 3.05) is 14.2 Å². The predicted octanol–water partition coefficient (Wildman–Crippen LogP) is 2.10. The minimum absolute atomic E-state index is 0.0647. The zero-order valence-corrected chi connectivity index (χ0v) is 13.1. The lowest BCUT2D eigenvalue weighted by Gasteiger charge is -2.05. The first-order valence-electron chi connectivity index (χ1n) is 6.52. The molecule has 0 spiro atoms. The summed E-state index contributed by atoms with van der Waals surface area (Å²) >= 11 is 0. The summed E-state index contributed by atoms with van der Waals surface area (Å²) in [7, 11) is 2.82. The van der Waals surface area contributed by atoms with E-state index in [4.69, 9.17) is 4.74 Å². The second-order valence-electron chi connectivity index (χ2n) is 3.42. The fourth-order valence-electron chi connectivity index (χ4n) is 1.33. The number of ether oxygens (including phenoxy) is 1. The van der Waals surface area contributed by atoms with Crippen LogP contribution in [0.3, 0.4) is 0 Å². The first-order chi connectivity index (χ1) is 11.0. The van der Waals surface area contributed by atoms with Gasteiger partial charge in [0.2, 0.25) is 11.7 Å². The van der Waals surface area contributed by atoms with Crippen molar-refractivity contribution in [3.05, 3.63) is 30.0 Å². The van der Waals surface area contributed by atoms with E-state index in [1.54, 1.807) is 0 Å². The summed E-state index contributed by atoms with van der Waals surface area (Å²) in [6.07, 6.45) is -0.868. The lowest BCUT2D eigenvalue weighted by atomic mass is 10.4. The van der Waals surface area contributed by atoms with E-state index >= 15 is 0 Å². The Morgan fingerprint density at radius 2 is 1.74 bits per heavy atom. The minimum Gasteiger partial charge on any atom is -0.479 e. The molecule has 2 rings (SSSR count). The Labute approximate surface area is 131 Å². The molecule has 0 unspecified atom stereocenters. The molecule has 2 aromatic rings. The number of aromatic nitrogens is 4. The molecular formula is C13H18F3N5O2. The second-order valence-corrected chi connectivity index (χ2v) is 3.42. The molecule has 2 aromatic heterocycles. The molecule has 2 N–H and O–H groups in total. The molecule has 0 fully saturated rings. The van der Waals surface area contributed by atoms with Crippen molar-refractivity contribution in [3.8, 4) is 11.6 Å². The third kappa shape index (κ3) is 5.33. The van der Waals surface area contributed by atoms with Crippen LogP contribution in [-0.2, 0) is 6.18 Å². The molecule has 0 bridgehead atoms. The molecule has 0 radical (unpaired) electrons. The Hall–Kier alpha value is -2.49. The Bertz CT molecular complexity index is 597. The average molecular weight is 333 g/mol. The third-order valence-electron chi connectivity index (χ3n) is 2.18. The SMILES string of the molecule is CC.CN.COc1nn(-c2cnc(C(F)(F)F)nc2)cc1C=O. The monoisotopic (exact) mass is 333 g/mol. The lowest BCUT2D eigenvalue weighted by molar-refractivity contribution is -0.145. The number of aldehydes is 1. The van der Waals surface area contributed by atoms with Crippen LogP contribution in [0.2, 0.25) is 0 Å². The summed E-state index contributed by atoms with van der Waals surface area (Å²) in [5.74, 6) is -1.18. The predicted molar refractivity (Wildman–Crippen MR) is 77.6 cm³/mol. The number of alkyl halides is 3. The third-order valence-corrected chi connectivity index (χ3v) is 2.18. The number of carbonyl (C=O) groups excluding carboxylic acids is 1. The second kappa shape index (κ2) is 9.51. The van der Waals surface area contributed by atoms with Gasteiger partial charge in [0.05, 0.1) is 25.1 Å². The van der Waals surface area contributed by atoms with Crippen LogP contribution in [0, 0.1) is 0 Å². The quantitative estimate of drug-likeness (QED) is 0.864. The van der Waals surface area contributed by atoms with E-state index in [0.29, 0.717) is 6.29 Å². The van der Waals surface area contributed by atoms with Gasteiger partial charge in [0, 0.05) is 6.20 Å². The van der Waals surface area contributed by atoms with E-state index in [9.17, 15) is 18.0 Å². The van der Waals surface area contributed by atoms with Gasteiger partial charge in [0.1, 0.15) is 5.69 Å². The van der Waals surface area contributed by atoms with Gasteiger partial charge in [-0.15, -0.1) is 5.10 Å². The van der Waals surface area contributed by atoms with Gasteiger partial charge in [0.25, 0.3) is 0 Å². The highest BCUT2D eigenvalue weighted by Gasteiger charge is 2.34. The number of nitrogens with zero attached hydrogens (tertiary/aromatic N) is 4. The number of methoxy groups -OCH3 is 1. The van der Waals surface area contributed by atoms with Crippen LogP contribution in [0.4, 0.5) is 13.2 Å². The molecule has 128 valence electrons. The van der Waals surface area contributed by atoms with E-state index in [1.807, 2.05) is 13.8 Å². The maximum absolute atomic E-state index is 12.3. The van der Waals surface area contributed by atoms with Crippen LogP contribution < -0.4 is 10.5 Å². The van der Waals surface area contributed by atoms with Gasteiger partial charge in [-0.3, -0.25) is 4.79 Å². The normalized spacial score (nSPS) is 9.91. The number of carbonyl (C=O) groups is 1. The zero-order valence-electron chi connectivity index (χ0n) is 13.1. The van der Waals surface area contributed by atoms with Gasteiger partial charge >= 0.3 is 6.18 Å². The maximum atomic E-state index is 12.3. The minimum atomic E-state index is -4.60. The summed E-state index contributed by atoms with van der Waals surface area (Å²) in [5.41, 5.74) is 4.85. The smallest absolute Gasteiger partial charge is 0.451 e. The molecule has 0 atom stereocenters. The number of hydrogen-bond acceptors (Lipinski definition) is 6. The van der Waals surface area contributed by atoms with Crippen molar-refractivity contribution >= 4 is 6.29 Å². The molecule has 0 amide bonds. The van der Waals surface area contributed by atoms with Crippen LogP contribution in [0.5, 0.6) is 5.88 Å². The number of nitrogens with two attached hydrogens (primary N) is 1. The summed E-state index contributed by atoms with van der Waals surface area (Å²) in [5, 5.41) is 3.86. The number of halogens is 3. The van der Waals surface area contributed by atoms with Gasteiger partial charge in [-0.05, 0) is 7.05 Å². The van der Waals surface area contributed by atoms with E-state index in [-0.39, 0.29) is 17.1 Å². The van der Waals surface area contributed by atoms with Crippen LogP contribution in [-0.4, -0.2) is 40.2 Å². The molecule has 10 heteroatoms. The summed E-state index contributed by atoms with van der Waals surface area (Å²) in [6, 6.07) is 0. The Morgan fingerprint density at radius 3 is 2.09 bits per heavy atom. The Morgan fingerprint density at radius 1 is 1.22 bits per heavy atom. The van der Waals surface area contributed by atoms with Gasteiger partial charge in [-0.2, -0.15) is 13.2 Å². The fourth-order valence-corrected chi connectivity index (χ4v) is 1.33. The zero-order chi connectivity index (χ0) is 18.0. The van der Waals surface area contributed by atoms with Gasteiger partial charge < -0.3 is 10.5 Å². The highest BCUT2D eigenvalue weighted by Crippen LogP contribution is 2.25. The number of rotatable bonds is 3. The van der Waals surface area contributed by atoms with Crippen LogP contribution in [0.15, 0.2) is 18.6 Å². The highest BCUT2D eigenvalue weighted by atomic mass is 19.4. The van der Waals surface area contributed by atoms with E-state index < -0.39 is 12.0 Å². The van der Waals surface area contributed by atoms with Crippen molar-refractivity contribution < 1.29 is 22.7 Å². The molecule has 0 aliphatic rings. The molecule has 7 nitrogen and oxygen atoms in total. The van der Waals surface area contributed by atoms with Crippen molar-refractivity contribution in [3.63, 3.8) is 0 Å². The molecule has 23 heavy (non-hydrogen) atoms. The first kappa shape index (κ1) is 20.5.